The summed E-state index contributed by atoms with van der Waals surface area (Å²) in [4.78, 5) is 11.9. The van der Waals surface area contributed by atoms with Gasteiger partial charge in [0.1, 0.15) is 0 Å². The molecule has 3 aromatic rings. The first-order chi connectivity index (χ1) is 10.1. The fourth-order valence-electron chi connectivity index (χ4n) is 2.49. The molecule has 0 atom stereocenters. The molecule has 0 N–H and O–H groups in total. The molecule has 2 aromatic carbocycles. The number of para-hydroxylation sites is 2. The molecule has 0 amide bonds. The van der Waals surface area contributed by atoms with Crippen LogP contribution in [0.15, 0.2) is 45.6 Å². The lowest BCUT2D eigenvalue weighted by atomic mass is 10.1. The Balaban J connectivity index is 2.03. The van der Waals surface area contributed by atoms with Gasteiger partial charge in [0.05, 0.1) is 0 Å². The van der Waals surface area contributed by atoms with Gasteiger partial charge in [0.25, 0.3) is 0 Å². The molecule has 0 saturated carbocycles. The van der Waals surface area contributed by atoms with Crippen LogP contribution in [0.3, 0.4) is 0 Å². The van der Waals surface area contributed by atoms with Crippen molar-refractivity contribution in [2.75, 3.05) is 0 Å². The molecule has 0 unspecified atom stereocenters. The number of aryl methyl sites for hydroxylation is 1. The Morgan fingerprint density at radius 2 is 1.52 bits per heavy atom. The van der Waals surface area contributed by atoms with Gasteiger partial charge in [-0.05, 0) is 43.7 Å². The molecule has 4 nitrogen and oxygen atoms in total. The van der Waals surface area contributed by atoms with Crippen LogP contribution in [0.25, 0.3) is 11.0 Å². The largest absolute Gasteiger partial charge is 0.449 e. The molecule has 1 aromatic heterocycles. The van der Waals surface area contributed by atoms with Crippen LogP contribution in [0.1, 0.15) is 11.1 Å². The molecule has 4 rings (SSSR count). The van der Waals surface area contributed by atoms with Crippen LogP contribution in [0.2, 0.25) is 0 Å². The van der Waals surface area contributed by atoms with Gasteiger partial charge in [-0.3, -0.25) is 0 Å². The Kier molecular flexibility index (Phi) is 2.36. The van der Waals surface area contributed by atoms with Crippen molar-refractivity contribution in [2.24, 2.45) is 0 Å². The number of ether oxygens (including phenoxy) is 2. The van der Waals surface area contributed by atoms with E-state index in [1.807, 2.05) is 43.3 Å². The highest BCUT2D eigenvalue weighted by molar-refractivity contribution is 5.89. The van der Waals surface area contributed by atoms with Gasteiger partial charge in [-0.25, -0.2) is 4.79 Å². The van der Waals surface area contributed by atoms with E-state index in [2.05, 4.69) is 0 Å². The zero-order chi connectivity index (χ0) is 14.6. The van der Waals surface area contributed by atoms with Crippen molar-refractivity contribution in [3.05, 3.63) is 57.9 Å². The Labute approximate surface area is 120 Å². The quantitative estimate of drug-likeness (QED) is 0.450. The van der Waals surface area contributed by atoms with Gasteiger partial charge in [-0.2, -0.15) is 0 Å². The smallest absolute Gasteiger partial charge is 0.339 e. The predicted octanol–water partition coefficient (Wildman–Crippen LogP) is 4.31. The van der Waals surface area contributed by atoms with Crippen molar-refractivity contribution in [2.45, 2.75) is 13.8 Å². The Morgan fingerprint density at radius 1 is 0.810 bits per heavy atom. The molecule has 2 heterocycles. The van der Waals surface area contributed by atoms with E-state index in [4.69, 9.17) is 13.9 Å². The third-order valence-electron chi connectivity index (χ3n) is 3.82. The summed E-state index contributed by atoms with van der Waals surface area (Å²) in [5, 5.41) is 0.855. The van der Waals surface area contributed by atoms with Crippen LogP contribution in [0.5, 0.6) is 23.0 Å². The second-order valence-electron chi connectivity index (χ2n) is 5.06. The van der Waals surface area contributed by atoms with Gasteiger partial charge < -0.3 is 13.9 Å². The molecule has 0 aliphatic carbocycles. The van der Waals surface area contributed by atoms with E-state index in [-0.39, 0.29) is 5.63 Å². The number of rotatable bonds is 0. The number of hydrogen-bond acceptors (Lipinski definition) is 4. The first-order valence-electron chi connectivity index (χ1n) is 6.67. The maximum Gasteiger partial charge on any atom is 0.339 e. The molecule has 104 valence electrons. The van der Waals surface area contributed by atoms with E-state index in [1.54, 1.807) is 6.92 Å². The van der Waals surface area contributed by atoms with Crippen LogP contribution in [0.4, 0.5) is 0 Å². The second-order valence-corrected chi connectivity index (χ2v) is 5.06. The van der Waals surface area contributed by atoms with Gasteiger partial charge in [-0.1, -0.05) is 12.1 Å². The molecule has 0 spiro atoms. The third kappa shape index (κ3) is 1.65. The minimum Gasteiger partial charge on any atom is -0.449 e. The normalized spacial score (nSPS) is 12.3. The van der Waals surface area contributed by atoms with E-state index in [0.717, 1.165) is 10.9 Å². The first-order valence-corrected chi connectivity index (χ1v) is 6.67. The monoisotopic (exact) mass is 280 g/mol. The summed E-state index contributed by atoms with van der Waals surface area (Å²) >= 11 is 0. The van der Waals surface area contributed by atoms with E-state index in [0.29, 0.717) is 34.1 Å². The Hall–Kier alpha value is -2.75. The van der Waals surface area contributed by atoms with Gasteiger partial charge in [0.15, 0.2) is 22.8 Å². The highest BCUT2D eigenvalue weighted by Gasteiger charge is 2.23. The van der Waals surface area contributed by atoms with Crippen LogP contribution >= 0.6 is 0 Å². The molecule has 21 heavy (non-hydrogen) atoms. The molecule has 1 aliphatic rings. The zero-order valence-electron chi connectivity index (χ0n) is 11.6. The summed E-state index contributed by atoms with van der Waals surface area (Å²) in [6.45, 7) is 3.66. The van der Waals surface area contributed by atoms with Crippen LogP contribution < -0.4 is 15.1 Å². The van der Waals surface area contributed by atoms with Crippen LogP contribution in [-0.2, 0) is 0 Å². The Bertz CT molecular complexity index is 937. The van der Waals surface area contributed by atoms with Gasteiger partial charge in [-0.15, -0.1) is 0 Å². The molecule has 0 saturated heterocycles. The van der Waals surface area contributed by atoms with Crippen LogP contribution in [0, 0.1) is 13.8 Å². The first kappa shape index (κ1) is 12.0. The number of fused-ring (bicyclic) bond motifs is 4. The van der Waals surface area contributed by atoms with Crippen molar-refractivity contribution in [3.8, 4) is 23.0 Å². The summed E-state index contributed by atoms with van der Waals surface area (Å²) in [7, 11) is 0. The highest BCUT2D eigenvalue weighted by Crippen LogP contribution is 2.48. The van der Waals surface area contributed by atoms with Crippen molar-refractivity contribution in [1.82, 2.24) is 0 Å². The van der Waals surface area contributed by atoms with Crippen molar-refractivity contribution in [1.29, 1.82) is 0 Å². The van der Waals surface area contributed by atoms with Crippen molar-refractivity contribution >= 4 is 11.0 Å². The predicted molar refractivity (Wildman–Crippen MR) is 78.5 cm³/mol. The van der Waals surface area contributed by atoms with E-state index >= 15 is 0 Å². The number of hydrogen-bond donors (Lipinski definition) is 0. The fourth-order valence-corrected chi connectivity index (χ4v) is 2.49. The summed E-state index contributed by atoms with van der Waals surface area (Å²) in [5.74, 6) is 2.26. The standard InChI is InChI=1S/C17H12O4/c1-9-10(2)17(18)21-15-11(9)7-8-14-16(15)20-13-6-4-3-5-12(13)19-14/h3-8H,1-2H3. The lowest BCUT2D eigenvalue weighted by Crippen LogP contribution is -2.07. The lowest BCUT2D eigenvalue weighted by molar-refractivity contribution is 0.356. The second kappa shape index (κ2) is 4.12. The SMILES string of the molecule is Cc1c(C)c2ccc3c(c2oc1=O)Oc1ccccc1O3. The average molecular weight is 280 g/mol. The minimum atomic E-state index is -0.351. The molecular formula is C17H12O4. The van der Waals surface area contributed by atoms with E-state index in [9.17, 15) is 4.79 Å². The zero-order valence-corrected chi connectivity index (χ0v) is 11.6. The van der Waals surface area contributed by atoms with E-state index in [1.165, 1.54) is 0 Å². The van der Waals surface area contributed by atoms with E-state index < -0.39 is 0 Å². The van der Waals surface area contributed by atoms with Crippen molar-refractivity contribution < 1.29 is 13.9 Å². The average Bonchev–Trinajstić information content (AvgIpc) is 2.51. The lowest BCUT2D eigenvalue weighted by Gasteiger charge is -2.21. The fraction of sp³-hybridized carbons (Fsp3) is 0.118. The van der Waals surface area contributed by atoms with Gasteiger partial charge in [0.2, 0.25) is 5.75 Å². The summed E-state index contributed by atoms with van der Waals surface area (Å²) in [5.41, 5.74) is 1.58. The van der Waals surface area contributed by atoms with Gasteiger partial charge in [0, 0.05) is 10.9 Å². The maximum absolute atomic E-state index is 11.9. The summed E-state index contributed by atoms with van der Waals surface area (Å²) < 4.78 is 17.1. The topological polar surface area (TPSA) is 48.7 Å². The highest BCUT2D eigenvalue weighted by atomic mass is 16.6. The minimum absolute atomic E-state index is 0.351. The molecule has 0 radical (unpaired) electrons. The van der Waals surface area contributed by atoms with Crippen molar-refractivity contribution in [3.63, 3.8) is 0 Å². The molecule has 0 fully saturated rings. The molecule has 0 bridgehead atoms. The molecular weight excluding hydrogens is 268 g/mol. The van der Waals surface area contributed by atoms with Gasteiger partial charge >= 0.3 is 5.63 Å². The van der Waals surface area contributed by atoms with Crippen LogP contribution in [-0.4, -0.2) is 0 Å². The summed E-state index contributed by atoms with van der Waals surface area (Å²) in [6, 6.07) is 11.1. The summed E-state index contributed by atoms with van der Waals surface area (Å²) in [6.07, 6.45) is 0. The third-order valence-corrected chi connectivity index (χ3v) is 3.82. The Morgan fingerprint density at radius 3 is 2.29 bits per heavy atom. The molecule has 4 heteroatoms. The maximum atomic E-state index is 11.9. The number of benzene rings is 2. The molecule has 1 aliphatic heterocycles.